The second-order valence-corrected chi connectivity index (χ2v) is 7.51. The topological polar surface area (TPSA) is 73.0 Å². The summed E-state index contributed by atoms with van der Waals surface area (Å²) >= 11 is 0. The third-order valence-electron chi connectivity index (χ3n) is 5.47. The predicted molar refractivity (Wildman–Crippen MR) is 111 cm³/mol. The maximum absolute atomic E-state index is 13.7. The number of halogens is 3. The van der Waals surface area contributed by atoms with Crippen LogP contribution in [0.1, 0.15) is 32.9 Å². The van der Waals surface area contributed by atoms with Crippen LogP contribution in [0.25, 0.3) is 16.9 Å². The summed E-state index contributed by atoms with van der Waals surface area (Å²) in [6.07, 6.45) is -0.950. The smallest absolute Gasteiger partial charge is 0.435 e. The molecule has 0 aliphatic heterocycles. The summed E-state index contributed by atoms with van der Waals surface area (Å²) in [5.74, 6) is 0.716. The van der Waals surface area contributed by atoms with E-state index in [2.05, 4.69) is 15.4 Å². The van der Waals surface area contributed by atoms with Crippen LogP contribution in [0.5, 0.6) is 0 Å². The fourth-order valence-corrected chi connectivity index (χ4v) is 3.91. The molecular formula is C23H17F3N4O2. The minimum atomic E-state index is -4.57. The van der Waals surface area contributed by atoms with E-state index in [9.17, 15) is 18.0 Å². The largest absolute Gasteiger partial charge is 0.469 e. The van der Waals surface area contributed by atoms with Crippen LogP contribution in [0.3, 0.4) is 0 Å². The number of aryl methyl sites for hydroxylation is 2. The van der Waals surface area contributed by atoms with Gasteiger partial charge in [0.15, 0.2) is 5.69 Å². The van der Waals surface area contributed by atoms with Crippen molar-refractivity contribution in [2.45, 2.75) is 25.9 Å². The van der Waals surface area contributed by atoms with E-state index in [4.69, 9.17) is 4.42 Å². The minimum Gasteiger partial charge on any atom is -0.469 e. The number of carbonyl (C=O) groups excluding carboxylic acids is 1. The van der Waals surface area contributed by atoms with Crippen molar-refractivity contribution in [2.24, 2.45) is 0 Å². The van der Waals surface area contributed by atoms with E-state index in [-0.39, 0.29) is 17.9 Å². The lowest BCUT2D eigenvalue weighted by atomic mass is 9.94. The summed E-state index contributed by atoms with van der Waals surface area (Å²) in [5, 5.41) is 6.64. The monoisotopic (exact) mass is 438 g/mol. The van der Waals surface area contributed by atoms with Crippen molar-refractivity contribution >= 4 is 11.7 Å². The van der Waals surface area contributed by atoms with Crippen LogP contribution < -0.4 is 5.32 Å². The molecule has 32 heavy (non-hydrogen) atoms. The van der Waals surface area contributed by atoms with E-state index < -0.39 is 11.9 Å². The molecule has 4 aromatic rings. The molecule has 5 rings (SSSR count). The zero-order valence-corrected chi connectivity index (χ0v) is 16.9. The number of aromatic nitrogens is 3. The van der Waals surface area contributed by atoms with E-state index in [1.807, 2.05) is 13.0 Å². The Bertz CT molecular complexity index is 1320. The average Bonchev–Trinajstić information content (AvgIpc) is 3.39. The van der Waals surface area contributed by atoms with Gasteiger partial charge in [0.2, 0.25) is 0 Å². The Labute approximate surface area is 180 Å². The quantitative estimate of drug-likeness (QED) is 0.477. The van der Waals surface area contributed by atoms with E-state index in [0.717, 1.165) is 5.56 Å². The van der Waals surface area contributed by atoms with Crippen molar-refractivity contribution in [2.75, 3.05) is 5.32 Å². The molecule has 1 amide bonds. The van der Waals surface area contributed by atoms with Gasteiger partial charge in [0, 0.05) is 29.3 Å². The highest BCUT2D eigenvalue weighted by Crippen LogP contribution is 2.42. The zero-order valence-electron chi connectivity index (χ0n) is 16.9. The Morgan fingerprint density at radius 3 is 2.62 bits per heavy atom. The summed E-state index contributed by atoms with van der Waals surface area (Å²) in [5.41, 5.74) is 1.80. The first-order chi connectivity index (χ1) is 15.3. The number of rotatable bonds is 3. The molecule has 3 aromatic heterocycles. The fourth-order valence-electron chi connectivity index (χ4n) is 3.91. The van der Waals surface area contributed by atoms with Gasteiger partial charge < -0.3 is 9.73 Å². The third kappa shape index (κ3) is 3.35. The maximum atomic E-state index is 13.7. The maximum Gasteiger partial charge on any atom is 0.435 e. The number of anilines is 1. The summed E-state index contributed by atoms with van der Waals surface area (Å²) in [6, 6.07) is 11.5. The van der Waals surface area contributed by atoms with Gasteiger partial charge in [-0.25, -0.2) is 9.67 Å². The van der Waals surface area contributed by atoms with Crippen molar-refractivity contribution in [1.29, 1.82) is 0 Å². The van der Waals surface area contributed by atoms with Gasteiger partial charge in [0.05, 0.1) is 17.6 Å². The molecule has 162 valence electrons. The second-order valence-electron chi connectivity index (χ2n) is 7.51. The Balaban J connectivity index is 1.52. The van der Waals surface area contributed by atoms with Crippen molar-refractivity contribution < 1.29 is 22.4 Å². The second kappa shape index (κ2) is 7.37. The standard InChI is InChI=1S/C23H17F3N4O2/c1-13-3-2-11-27-21(13)28-22(31)14-4-6-15(7-5-14)30-19-16-10-12-32-18(16)9-8-17(19)20(29-30)23(24,25)26/h2-7,10-12H,8-9H2,1H3,(H,27,28,31). The number of hydrogen-bond donors (Lipinski definition) is 1. The first-order valence-electron chi connectivity index (χ1n) is 9.92. The van der Waals surface area contributed by atoms with E-state index in [1.54, 1.807) is 42.6 Å². The number of hydrogen-bond acceptors (Lipinski definition) is 4. The molecule has 1 aromatic carbocycles. The number of nitrogens with zero attached hydrogens (tertiary/aromatic N) is 3. The number of alkyl halides is 3. The molecule has 1 aliphatic rings. The van der Waals surface area contributed by atoms with Crippen LogP contribution in [-0.4, -0.2) is 20.7 Å². The van der Waals surface area contributed by atoms with E-state index >= 15 is 0 Å². The summed E-state index contributed by atoms with van der Waals surface area (Å²) in [6.45, 7) is 1.83. The molecule has 9 heteroatoms. The third-order valence-corrected chi connectivity index (χ3v) is 5.47. The fraction of sp³-hybridized carbons (Fsp3) is 0.174. The molecule has 1 aliphatic carbocycles. The highest BCUT2D eigenvalue weighted by atomic mass is 19.4. The Kier molecular flexibility index (Phi) is 4.61. The molecule has 0 saturated carbocycles. The van der Waals surface area contributed by atoms with Gasteiger partial charge in [-0.15, -0.1) is 0 Å². The van der Waals surface area contributed by atoms with Crippen molar-refractivity contribution in [3.8, 4) is 16.9 Å². The molecule has 0 fully saturated rings. The van der Waals surface area contributed by atoms with Gasteiger partial charge >= 0.3 is 6.18 Å². The Morgan fingerprint density at radius 1 is 1.12 bits per heavy atom. The van der Waals surface area contributed by atoms with Crippen LogP contribution in [0.15, 0.2) is 59.3 Å². The summed E-state index contributed by atoms with van der Waals surface area (Å²) in [7, 11) is 0. The van der Waals surface area contributed by atoms with Gasteiger partial charge in [-0.05, 0) is 55.3 Å². The molecule has 0 radical (unpaired) electrons. The lowest BCUT2D eigenvalue weighted by Gasteiger charge is -2.15. The van der Waals surface area contributed by atoms with Crippen LogP contribution in [-0.2, 0) is 19.0 Å². The van der Waals surface area contributed by atoms with Gasteiger partial charge in [-0.2, -0.15) is 18.3 Å². The first-order valence-corrected chi connectivity index (χ1v) is 9.92. The summed E-state index contributed by atoms with van der Waals surface area (Å²) in [4.78, 5) is 16.7. The van der Waals surface area contributed by atoms with E-state index in [0.29, 0.717) is 40.5 Å². The lowest BCUT2D eigenvalue weighted by molar-refractivity contribution is -0.142. The average molecular weight is 438 g/mol. The van der Waals surface area contributed by atoms with Gasteiger partial charge in [0.25, 0.3) is 5.91 Å². The molecule has 0 atom stereocenters. The molecule has 0 unspecified atom stereocenters. The number of furan rings is 1. The number of pyridine rings is 1. The number of amides is 1. The number of fused-ring (bicyclic) bond motifs is 3. The van der Waals surface area contributed by atoms with Crippen LogP contribution in [0.4, 0.5) is 19.0 Å². The first kappa shape index (κ1) is 20.0. The highest BCUT2D eigenvalue weighted by molar-refractivity contribution is 6.04. The molecular weight excluding hydrogens is 421 g/mol. The highest BCUT2D eigenvalue weighted by Gasteiger charge is 2.41. The van der Waals surface area contributed by atoms with Crippen molar-refractivity contribution in [3.63, 3.8) is 0 Å². The van der Waals surface area contributed by atoms with Crippen molar-refractivity contribution in [3.05, 3.63) is 83.1 Å². The van der Waals surface area contributed by atoms with E-state index in [1.165, 1.54) is 10.9 Å². The normalized spacial score (nSPS) is 12.9. The van der Waals surface area contributed by atoms with Crippen LogP contribution >= 0.6 is 0 Å². The van der Waals surface area contributed by atoms with Crippen LogP contribution in [0.2, 0.25) is 0 Å². The lowest BCUT2D eigenvalue weighted by Crippen LogP contribution is -2.14. The van der Waals surface area contributed by atoms with Crippen molar-refractivity contribution in [1.82, 2.24) is 14.8 Å². The minimum absolute atomic E-state index is 0.152. The van der Waals surface area contributed by atoms with Gasteiger partial charge in [0.1, 0.15) is 11.6 Å². The van der Waals surface area contributed by atoms with Gasteiger partial charge in [-0.3, -0.25) is 4.79 Å². The number of benzene rings is 1. The predicted octanol–water partition coefficient (Wildman–Crippen LogP) is 5.21. The number of carbonyl (C=O) groups is 1. The molecule has 6 nitrogen and oxygen atoms in total. The molecule has 0 bridgehead atoms. The molecule has 3 heterocycles. The van der Waals surface area contributed by atoms with Crippen LogP contribution in [0, 0.1) is 6.92 Å². The molecule has 0 saturated heterocycles. The Morgan fingerprint density at radius 2 is 1.91 bits per heavy atom. The molecule has 1 N–H and O–H groups in total. The number of nitrogens with one attached hydrogen (secondary N) is 1. The Hall–Kier alpha value is -3.88. The van der Waals surface area contributed by atoms with Gasteiger partial charge in [-0.1, -0.05) is 6.07 Å². The zero-order chi connectivity index (χ0) is 22.5. The molecule has 0 spiro atoms. The summed E-state index contributed by atoms with van der Waals surface area (Å²) < 4.78 is 47.7. The SMILES string of the molecule is Cc1cccnc1NC(=O)c1ccc(-n2nc(C(F)(F)F)c3c2-c2ccoc2CC3)cc1.